The van der Waals surface area contributed by atoms with Gasteiger partial charge in [-0.1, -0.05) is 12.1 Å². The van der Waals surface area contributed by atoms with Gasteiger partial charge >= 0.3 is 0 Å². The zero-order chi connectivity index (χ0) is 14.0. The monoisotopic (exact) mass is 276 g/mol. The summed E-state index contributed by atoms with van der Waals surface area (Å²) in [5, 5.41) is 0.993. The molecule has 0 radical (unpaired) electrons. The highest BCUT2D eigenvalue weighted by atomic mass is 32.1. The second kappa shape index (κ2) is 5.31. The SMILES string of the molecule is CCOc1cccc(-c2nc(C)c(C(C)(C)N)s2)c1. The van der Waals surface area contributed by atoms with Gasteiger partial charge in [0.1, 0.15) is 10.8 Å². The number of ether oxygens (including phenoxy) is 1. The molecule has 0 aliphatic carbocycles. The number of aromatic nitrogens is 1. The van der Waals surface area contributed by atoms with Crippen LogP contribution in [0.3, 0.4) is 0 Å². The van der Waals surface area contributed by atoms with E-state index >= 15 is 0 Å². The fourth-order valence-electron chi connectivity index (χ4n) is 2.00. The van der Waals surface area contributed by atoms with Crippen molar-refractivity contribution < 1.29 is 4.74 Å². The number of benzene rings is 1. The number of hydrogen-bond donors (Lipinski definition) is 1. The predicted octanol–water partition coefficient (Wildman–Crippen LogP) is 3.71. The molecule has 2 aromatic rings. The Kier molecular flexibility index (Phi) is 3.92. The first-order valence-electron chi connectivity index (χ1n) is 6.42. The minimum atomic E-state index is -0.350. The summed E-state index contributed by atoms with van der Waals surface area (Å²) < 4.78 is 5.52. The number of nitrogens with zero attached hydrogens (tertiary/aromatic N) is 1. The van der Waals surface area contributed by atoms with Gasteiger partial charge in [0.05, 0.1) is 12.3 Å². The zero-order valence-electron chi connectivity index (χ0n) is 11.9. The summed E-state index contributed by atoms with van der Waals surface area (Å²) in [5.74, 6) is 0.876. The van der Waals surface area contributed by atoms with Crippen molar-refractivity contribution in [1.29, 1.82) is 0 Å². The first-order valence-corrected chi connectivity index (χ1v) is 7.23. The molecule has 102 valence electrons. The third-order valence-corrected chi connectivity index (χ3v) is 4.32. The summed E-state index contributed by atoms with van der Waals surface area (Å²) in [6.07, 6.45) is 0. The van der Waals surface area contributed by atoms with Gasteiger partial charge in [0.25, 0.3) is 0 Å². The highest BCUT2D eigenvalue weighted by molar-refractivity contribution is 7.15. The van der Waals surface area contributed by atoms with Crippen molar-refractivity contribution in [3.8, 4) is 16.3 Å². The molecule has 4 heteroatoms. The van der Waals surface area contributed by atoms with Crippen LogP contribution >= 0.6 is 11.3 Å². The Morgan fingerprint density at radius 3 is 2.68 bits per heavy atom. The van der Waals surface area contributed by atoms with Crippen LogP contribution in [0.4, 0.5) is 0 Å². The maximum atomic E-state index is 6.17. The standard InChI is InChI=1S/C15H20N2OS/c1-5-18-12-8-6-7-11(9-12)14-17-10(2)13(19-14)15(3,4)16/h6-9H,5,16H2,1-4H3. The van der Waals surface area contributed by atoms with Gasteiger partial charge in [-0.2, -0.15) is 0 Å². The van der Waals surface area contributed by atoms with Gasteiger partial charge in [-0.25, -0.2) is 4.98 Å². The molecule has 0 saturated heterocycles. The smallest absolute Gasteiger partial charge is 0.124 e. The van der Waals surface area contributed by atoms with Gasteiger partial charge in [-0.15, -0.1) is 11.3 Å². The number of thiazole rings is 1. The van der Waals surface area contributed by atoms with E-state index in [1.807, 2.05) is 52.0 Å². The van der Waals surface area contributed by atoms with E-state index in [1.165, 1.54) is 0 Å². The lowest BCUT2D eigenvalue weighted by Crippen LogP contribution is -2.28. The third-order valence-electron chi connectivity index (χ3n) is 2.77. The molecule has 2 N–H and O–H groups in total. The Labute approximate surface area is 118 Å². The van der Waals surface area contributed by atoms with Crippen LogP contribution in [0.15, 0.2) is 24.3 Å². The van der Waals surface area contributed by atoms with Crippen LogP contribution in [0, 0.1) is 6.92 Å². The topological polar surface area (TPSA) is 48.1 Å². The van der Waals surface area contributed by atoms with E-state index < -0.39 is 0 Å². The molecule has 19 heavy (non-hydrogen) atoms. The van der Waals surface area contributed by atoms with Crippen molar-refractivity contribution in [2.75, 3.05) is 6.61 Å². The lowest BCUT2D eigenvalue weighted by atomic mass is 10.0. The Hall–Kier alpha value is -1.39. The minimum Gasteiger partial charge on any atom is -0.494 e. The van der Waals surface area contributed by atoms with Crippen LogP contribution in [-0.2, 0) is 5.54 Å². The maximum absolute atomic E-state index is 6.17. The Balaban J connectivity index is 2.40. The maximum Gasteiger partial charge on any atom is 0.124 e. The fourth-order valence-corrected chi connectivity index (χ4v) is 3.08. The molecule has 0 unspecified atom stereocenters. The van der Waals surface area contributed by atoms with Crippen molar-refractivity contribution in [3.05, 3.63) is 34.8 Å². The second-order valence-corrected chi connectivity index (χ2v) is 6.12. The van der Waals surface area contributed by atoms with Gasteiger partial charge in [-0.3, -0.25) is 0 Å². The van der Waals surface area contributed by atoms with Gasteiger partial charge in [0, 0.05) is 16.0 Å². The molecular formula is C15H20N2OS. The predicted molar refractivity (Wildman–Crippen MR) is 80.7 cm³/mol. The molecule has 0 amide bonds. The normalized spacial score (nSPS) is 11.6. The third kappa shape index (κ3) is 3.14. The molecule has 1 heterocycles. The van der Waals surface area contributed by atoms with Crippen molar-refractivity contribution in [1.82, 2.24) is 4.98 Å². The van der Waals surface area contributed by atoms with Crippen molar-refractivity contribution >= 4 is 11.3 Å². The number of nitrogens with two attached hydrogens (primary N) is 1. The van der Waals surface area contributed by atoms with E-state index in [2.05, 4.69) is 4.98 Å². The number of hydrogen-bond acceptors (Lipinski definition) is 4. The van der Waals surface area contributed by atoms with E-state index in [4.69, 9.17) is 10.5 Å². The molecular weight excluding hydrogens is 256 g/mol. The Morgan fingerprint density at radius 1 is 1.37 bits per heavy atom. The molecule has 0 atom stereocenters. The second-order valence-electron chi connectivity index (χ2n) is 5.12. The summed E-state index contributed by atoms with van der Waals surface area (Å²) in [6.45, 7) is 8.68. The van der Waals surface area contributed by atoms with Crippen LogP contribution in [0.5, 0.6) is 5.75 Å². The van der Waals surface area contributed by atoms with E-state index in [0.717, 1.165) is 26.9 Å². The van der Waals surface area contributed by atoms with Crippen LogP contribution in [0.25, 0.3) is 10.6 Å². The van der Waals surface area contributed by atoms with Crippen LogP contribution in [0.1, 0.15) is 31.3 Å². The average molecular weight is 276 g/mol. The van der Waals surface area contributed by atoms with E-state index in [1.54, 1.807) is 11.3 Å². The summed E-state index contributed by atoms with van der Waals surface area (Å²) in [5.41, 5.74) is 7.91. The molecule has 1 aromatic heterocycles. The average Bonchev–Trinajstić information content (AvgIpc) is 2.72. The Morgan fingerprint density at radius 2 is 2.11 bits per heavy atom. The lowest BCUT2D eigenvalue weighted by molar-refractivity contribution is 0.340. The molecule has 0 fully saturated rings. The van der Waals surface area contributed by atoms with Crippen LogP contribution in [0.2, 0.25) is 0 Å². The van der Waals surface area contributed by atoms with Gasteiger partial charge in [0.15, 0.2) is 0 Å². The van der Waals surface area contributed by atoms with Crippen molar-refractivity contribution in [2.24, 2.45) is 5.73 Å². The summed E-state index contributed by atoms with van der Waals surface area (Å²) in [6, 6.07) is 8.02. The van der Waals surface area contributed by atoms with Gasteiger partial charge in [0.2, 0.25) is 0 Å². The molecule has 3 nitrogen and oxygen atoms in total. The van der Waals surface area contributed by atoms with E-state index in [0.29, 0.717) is 6.61 Å². The zero-order valence-corrected chi connectivity index (χ0v) is 12.7. The van der Waals surface area contributed by atoms with E-state index in [9.17, 15) is 0 Å². The molecule has 1 aromatic carbocycles. The number of rotatable bonds is 4. The Bertz CT molecular complexity index is 570. The van der Waals surface area contributed by atoms with Gasteiger partial charge in [-0.05, 0) is 39.8 Å². The summed E-state index contributed by atoms with van der Waals surface area (Å²) in [4.78, 5) is 5.76. The van der Waals surface area contributed by atoms with E-state index in [-0.39, 0.29) is 5.54 Å². The molecule has 0 bridgehead atoms. The largest absolute Gasteiger partial charge is 0.494 e. The molecule has 0 aliphatic rings. The first-order chi connectivity index (χ1) is 8.91. The van der Waals surface area contributed by atoms with Crippen LogP contribution in [-0.4, -0.2) is 11.6 Å². The quantitative estimate of drug-likeness (QED) is 0.926. The van der Waals surface area contributed by atoms with Crippen molar-refractivity contribution in [3.63, 3.8) is 0 Å². The summed E-state index contributed by atoms with van der Waals surface area (Å²) >= 11 is 1.65. The molecule has 0 saturated carbocycles. The summed E-state index contributed by atoms with van der Waals surface area (Å²) in [7, 11) is 0. The molecule has 0 spiro atoms. The molecule has 2 rings (SSSR count). The van der Waals surface area contributed by atoms with Gasteiger partial charge < -0.3 is 10.5 Å². The molecule has 0 aliphatic heterocycles. The minimum absolute atomic E-state index is 0.350. The van der Waals surface area contributed by atoms with Crippen LogP contribution < -0.4 is 10.5 Å². The fraction of sp³-hybridized carbons (Fsp3) is 0.400. The highest BCUT2D eigenvalue weighted by Crippen LogP contribution is 2.34. The number of aryl methyl sites for hydroxylation is 1. The highest BCUT2D eigenvalue weighted by Gasteiger charge is 2.21. The first kappa shape index (κ1) is 14.0. The van der Waals surface area contributed by atoms with Crippen molar-refractivity contribution in [2.45, 2.75) is 33.2 Å². The lowest BCUT2D eigenvalue weighted by Gasteiger charge is -2.16.